The number of thiocarbonyl (C=S) groups is 1. The van der Waals surface area contributed by atoms with Gasteiger partial charge in [-0.3, -0.25) is 4.79 Å². The number of hydrogen-bond acceptors (Lipinski definition) is 4. The minimum absolute atomic E-state index is 0.285. The molecule has 0 unspecified atom stereocenters. The van der Waals surface area contributed by atoms with Crippen LogP contribution in [0.3, 0.4) is 0 Å². The summed E-state index contributed by atoms with van der Waals surface area (Å²) in [6.45, 7) is 1.83. The fourth-order valence-corrected chi connectivity index (χ4v) is 2.85. The number of nitrogens with zero attached hydrogens (tertiary/aromatic N) is 1. The first-order valence-corrected chi connectivity index (χ1v) is 9.68. The Bertz CT molecular complexity index is 1030. The first kappa shape index (κ1) is 21.0. The topological polar surface area (TPSA) is 74.8 Å². The van der Waals surface area contributed by atoms with Crippen LogP contribution in [0.1, 0.15) is 22.8 Å². The summed E-state index contributed by atoms with van der Waals surface area (Å²) in [7, 11) is 1.58. The van der Waals surface area contributed by atoms with Crippen molar-refractivity contribution in [2.24, 2.45) is 5.10 Å². The molecular formula is C23H22N4O2S. The van der Waals surface area contributed by atoms with Gasteiger partial charge in [-0.2, -0.15) is 5.10 Å². The van der Waals surface area contributed by atoms with E-state index in [1.165, 1.54) is 0 Å². The summed E-state index contributed by atoms with van der Waals surface area (Å²) in [5.74, 6) is 0.408. The van der Waals surface area contributed by atoms with Crippen molar-refractivity contribution < 1.29 is 9.53 Å². The molecule has 3 rings (SSSR count). The largest absolute Gasteiger partial charge is 0.497 e. The molecule has 152 valence electrons. The Hall–Kier alpha value is -3.71. The van der Waals surface area contributed by atoms with Gasteiger partial charge in [0.15, 0.2) is 5.11 Å². The van der Waals surface area contributed by atoms with Crippen LogP contribution in [0.5, 0.6) is 5.75 Å². The van der Waals surface area contributed by atoms with E-state index >= 15 is 0 Å². The quantitative estimate of drug-likeness (QED) is 0.308. The first-order chi connectivity index (χ1) is 14.5. The SMILES string of the molecule is COc1ccc(C(=O)NN=C(C)c2ccc(NC(=S)Nc3ccccc3)cc2)cc1. The Kier molecular flexibility index (Phi) is 7.13. The van der Waals surface area contributed by atoms with Crippen LogP contribution < -0.4 is 20.8 Å². The lowest BCUT2D eigenvalue weighted by atomic mass is 10.1. The molecule has 0 radical (unpaired) electrons. The number of anilines is 2. The molecule has 0 aliphatic heterocycles. The van der Waals surface area contributed by atoms with E-state index in [1.807, 2.05) is 61.5 Å². The molecule has 0 fully saturated rings. The van der Waals surface area contributed by atoms with Gasteiger partial charge in [0.05, 0.1) is 12.8 Å². The average molecular weight is 419 g/mol. The van der Waals surface area contributed by atoms with Crippen molar-refractivity contribution in [2.75, 3.05) is 17.7 Å². The maximum absolute atomic E-state index is 12.2. The fraction of sp³-hybridized carbons (Fsp3) is 0.0870. The number of methoxy groups -OCH3 is 1. The van der Waals surface area contributed by atoms with Gasteiger partial charge in [0.25, 0.3) is 5.91 Å². The van der Waals surface area contributed by atoms with E-state index in [-0.39, 0.29) is 5.91 Å². The lowest BCUT2D eigenvalue weighted by molar-refractivity contribution is 0.0955. The molecule has 0 aliphatic carbocycles. The third-order valence-corrected chi connectivity index (χ3v) is 4.47. The third-order valence-electron chi connectivity index (χ3n) is 4.27. The minimum Gasteiger partial charge on any atom is -0.497 e. The van der Waals surface area contributed by atoms with Crippen molar-refractivity contribution in [1.82, 2.24) is 5.43 Å². The number of benzene rings is 3. The number of amides is 1. The number of ether oxygens (including phenoxy) is 1. The second-order valence-corrected chi connectivity index (χ2v) is 6.80. The zero-order valence-electron chi connectivity index (χ0n) is 16.7. The molecule has 0 spiro atoms. The van der Waals surface area contributed by atoms with Crippen LogP contribution in [0.15, 0.2) is 84.0 Å². The second-order valence-electron chi connectivity index (χ2n) is 6.39. The highest BCUT2D eigenvalue weighted by atomic mass is 32.1. The van der Waals surface area contributed by atoms with E-state index < -0.39 is 0 Å². The number of nitrogens with one attached hydrogen (secondary N) is 3. The van der Waals surface area contributed by atoms with E-state index in [1.54, 1.807) is 31.4 Å². The summed E-state index contributed by atoms with van der Waals surface area (Å²) in [6, 6.07) is 24.2. The summed E-state index contributed by atoms with van der Waals surface area (Å²) in [5, 5.41) is 11.0. The molecule has 0 saturated heterocycles. The third kappa shape index (κ3) is 5.89. The minimum atomic E-state index is -0.285. The van der Waals surface area contributed by atoms with Crippen LogP contribution in [0.25, 0.3) is 0 Å². The predicted molar refractivity (Wildman–Crippen MR) is 125 cm³/mol. The number of para-hydroxylation sites is 1. The summed E-state index contributed by atoms with van der Waals surface area (Å²) in [4.78, 5) is 12.2. The van der Waals surface area contributed by atoms with E-state index in [0.29, 0.717) is 22.1 Å². The predicted octanol–water partition coefficient (Wildman–Crippen LogP) is 4.66. The molecule has 0 aliphatic rings. The van der Waals surface area contributed by atoms with Gasteiger partial charge in [0.1, 0.15) is 5.75 Å². The van der Waals surface area contributed by atoms with Crippen LogP contribution in [0.2, 0.25) is 0 Å². The summed E-state index contributed by atoms with van der Waals surface area (Å²) < 4.78 is 5.09. The van der Waals surface area contributed by atoms with Crippen molar-refractivity contribution in [3.05, 3.63) is 90.0 Å². The lowest BCUT2D eigenvalue weighted by Crippen LogP contribution is -2.19. The molecule has 3 aromatic rings. The molecule has 1 amide bonds. The Morgan fingerprint density at radius 3 is 2.00 bits per heavy atom. The van der Waals surface area contributed by atoms with Crippen LogP contribution >= 0.6 is 12.2 Å². The maximum Gasteiger partial charge on any atom is 0.271 e. The summed E-state index contributed by atoms with van der Waals surface area (Å²) in [5.41, 5.74) is 6.42. The number of rotatable bonds is 6. The Morgan fingerprint density at radius 1 is 0.833 bits per heavy atom. The summed E-state index contributed by atoms with van der Waals surface area (Å²) in [6.07, 6.45) is 0. The van der Waals surface area contributed by atoms with Crippen molar-refractivity contribution >= 4 is 40.3 Å². The van der Waals surface area contributed by atoms with Gasteiger partial charge in [-0.25, -0.2) is 5.43 Å². The van der Waals surface area contributed by atoms with Gasteiger partial charge in [-0.1, -0.05) is 30.3 Å². The van der Waals surface area contributed by atoms with Crippen LogP contribution in [-0.4, -0.2) is 23.8 Å². The Labute approximate surface area is 181 Å². The fourth-order valence-electron chi connectivity index (χ4n) is 2.62. The molecule has 0 aromatic heterocycles. The number of hydrazone groups is 1. The zero-order valence-corrected chi connectivity index (χ0v) is 17.5. The number of carbonyl (C=O) groups is 1. The highest BCUT2D eigenvalue weighted by molar-refractivity contribution is 7.80. The normalized spacial score (nSPS) is 10.8. The smallest absolute Gasteiger partial charge is 0.271 e. The van der Waals surface area contributed by atoms with E-state index in [2.05, 4.69) is 21.2 Å². The monoisotopic (exact) mass is 418 g/mol. The molecule has 7 heteroatoms. The van der Waals surface area contributed by atoms with E-state index in [9.17, 15) is 4.79 Å². The first-order valence-electron chi connectivity index (χ1n) is 9.27. The molecule has 0 atom stereocenters. The molecule has 3 aromatic carbocycles. The van der Waals surface area contributed by atoms with Gasteiger partial charge in [-0.05, 0) is 73.2 Å². The molecule has 0 saturated carbocycles. The zero-order chi connectivity index (χ0) is 21.3. The van der Waals surface area contributed by atoms with Crippen molar-refractivity contribution in [3.8, 4) is 5.75 Å². The molecule has 0 bridgehead atoms. The van der Waals surface area contributed by atoms with Crippen LogP contribution in [0.4, 0.5) is 11.4 Å². The standard InChI is InChI=1S/C23H22N4O2S/c1-16(26-27-22(28)18-10-14-21(29-2)15-11-18)17-8-12-20(13-9-17)25-23(30)24-19-6-4-3-5-7-19/h3-15H,1-2H3,(H,27,28)(H2,24,25,30). The maximum atomic E-state index is 12.2. The Morgan fingerprint density at radius 2 is 1.40 bits per heavy atom. The Balaban J connectivity index is 1.56. The average Bonchev–Trinajstić information content (AvgIpc) is 2.78. The van der Waals surface area contributed by atoms with E-state index in [4.69, 9.17) is 17.0 Å². The van der Waals surface area contributed by atoms with Crippen LogP contribution in [0, 0.1) is 0 Å². The van der Waals surface area contributed by atoms with Crippen molar-refractivity contribution in [3.63, 3.8) is 0 Å². The molecule has 30 heavy (non-hydrogen) atoms. The molecular weight excluding hydrogens is 396 g/mol. The molecule has 0 heterocycles. The van der Waals surface area contributed by atoms with Gasteiger partial charge in [0, 0.05) is 16.9 Å². The van der Waals surface area contributed by atoms with Gasteiger partial charge >= 0.3 is 0 Å². The number of carbonyl (C=O) groups excluding carboxylic acids is 1. The number of hydrogen-bond donors (Lipinski definition) is 3. The van der Waals surface area contributed by atoms with E-state index in [0.717, 1.165) is 16.9 Å². The lowest BCUT2D eigenvalue weighted by Gasteiger charge is -2.11. The van der Waals surface area contributed by atoms with Crippen molar-refractivity contribution in [2.45, 2.75) is 6.92 Å². The summed E-state index contributed by atoms with van der Waals surface area (Å²) >= 11 is 5.33. The highest BCUT2D eigenvalue weighted by Crippen LogP contribution is 2.13. The molecule has 3 N–H and O–H groups in total. The van der Waals surface area contributed by atoms with Crippen LogP contribution in [-0.2, 0) is 0 Å². The van der Waals surface area contributed by atoms with Gasteiger partial charge < -0.3 is 15.4 Å². The second kappa shape index (κ2) is 10.2. The highest BCUT2D eigenvalue weighted by Gasteiger charge is 2.06. The van der Waals surface area contributed by atoms with Gasteiger partial charge in [-0.15, -0.1) is 0 Å². The van der Waals surface area contributed by atoms with Gasteiger partial charge in [0.2, 0.25) is 0 Å². The van der Waals surface area contributed by atoms with Crippen molar-refractivity contribution in [1.29, 1.82) is 0 Å². The molecule has 6 nitrogen and oxygen atoms in total.